The zero-order valence-corrected chi connectivity index (χ0v) is 26.9. The summed E-state index contributed by atoms with van der Waals surface area (Å²) in [6, 6.07) is 12.3. The number of likely N-dealkylation sites (tertiary alicyclic amines) is 1. The number of nitrogens with one attached hydrogen (secondary N) is 1. The Bertz CT molecular complexity index is 1310. The second-order valence-corrected chi connectivity index (χ2v) is 13.2. The smallest absolute Gasteiger partial charge is 0.352 e. The molecule has 2 aromatic carbocycles. The Hall–Kier alpha value is -3.07. The Morgan fingerprint density at radius 3 is 2.16 bits per heavy atom. The summed E-state index contributed by atoms with van der Waals surface area (Å²) in [5.74, 6) is 1.80. The molecule has 3 aromatic rings. The average Bonchev–Trinajstić information content (AvgIpc) is 3.32. The van der Waals surface area contributed by atoms with Gasteiger partial charge in [-0.25, -0.2) is 4.98 Å². The van der Waals surface area contributed by atoms with Crippen LogP contribution in [0, 0.1) is 11.8 Å². The van der Waals surface area contributed by atoms with E-state index in [1.165, 1.54) is 31.4 Å². The van der Waals surface area contributed by atoms with Crippen LogP contribution in [0.25, 0.3) is 11.0 Å². The number of imidazole rings is 1. The van der Waals surface area contributed by atoms with E-state index in [0.29, 0.717) is 29.9 Å². The van der Waals surface area contributed by atoms with Gasteiger partial charge >= 0.3 is 6.18 Å². The number of amides is 1. The van der Waals surface area contributed by atoms with Gasteiger partial charge in [0.05, 0.1) is 17.5 Å². The van der Waals surface area contributed by atoms with Crippen LogP contribution in [0.3, 0.4) is 0 Å². The SMILES string of the molecule is CC(C)CCN(CCC(C)C)C(=O)c1ccc2nc(NCc3ccc(CC(F)(F)F)cc3)n(CCCN3CCCCC3)c2c1. The molecule has 1 saturated heterocycles. The highest BCUT2D eigenvalue weighted by Gasteiger charge is 2.27. The molecule has 0 atom stereocenters. The predicted molar refractivity (Wildman–Crippen MR) is 173 cm³/mol. The van der Waals surface area contributed by atoms with Crippen LogP contribution in [-0.4, -0.2) is 64.2 Å². The molecule has 0 spiro atoms. The van der Waals surface area contributed by atoms with Crippen molar-refractivity contribution in [3.05, 3.63) is 59.2 Å². The lowest BCUT2D eigenvalue weighted by Gasteiger charge is -2.26. The lowest BCUT2D eigenvalue weighted by Crippen LogP contribution is -2.34. The third-order valence-electron chi connectivity index (χ3n) is 8.42. The Kier molecular flexibility index (Phi) is 12.1. The molecular weight excluding hydrogens is 563 g/mol. The van der Waals surface area contributed by atoms with Gasteiger partial charge in [-0.3, -0.25) is 4.79 Å². The molecule has 0 aliphatic carbocycles. The first-order valence-electron chi connectivity index (χ1n) is 16.4. The summed E-state index contributed by atoms with van der Waals surface area (Å²) in [4.78, 5) is 23.2. The summed E-state index contributed by atoms with van der Waals surface area (Å²) >= 11 is 0. The number of hydrogen-bond donors (Lipinski definition) is 1. The van der Waals surface area contributed by atoms with Gasteiger partial charge < -0.3 is 19.7 Å². The van der Waals surface area contributed by atoms with Gasteiger partial charge in [0.15, 0.2) is 0 Å². The highest BCUT2D eigenvalue weighted by molar-refractivity contribution is 5.97. The first-order valence-corrected chi connectivity index (χ1v) is 16.4. The van der Waals surface area contributed by atoms with Crippen molar-refractivity contribution >= 4 is 22.9 Å². The van der Waals surface area contributed by atoms with Crippen LogP contribution in [0.5, 0.6) is 0 Å². The summed E-state index contributed by atoms with van der Waals surface area (Å²) in [6.07, 6.45) is 1.53. The Morgan fingerprint density at radius 2 is 1.55 bits per heavy atom. The molecule has 44 heavy (non-hydrogen) atoms. The molecule has 4 rings (SSSR count). The number of carbonyl (C=O) groups is 1. The maximum Gasteiger partial charge on any atom is 0.393 e. The molecule has 1 N–H and O–H groups in total. The van der Waals surface area contributed by atoms with Crippen molar-refractivity contribution in [1.29, 1.82) is 0 Å². The highest BCUT2D eigenvalue weighted by atomic mass is 19.4. The number of anilines is 1. The van der Waals surface area contributed by atoms with Gasteiger partial charge in [0.25, 0.3) is 5.91 Å². The van der Waals surface area contributed by atoms with Gasteiger partial charge in [0.2, 0.25) is 5.95 Å². The second-order valence-electron chi connectivity index (χ2n) is 13.2. The number of carbonyl (C=O) groups excluding carboxylic acids is 1. The third kappa shape index (κ3) is 10.2. The van der Waals surface area contributed by atoms with Gasteiger partial charge in [-0.15, -0.1) is 0 Å². The number of halogens is 3. The van der Waals surface area contributed by atoms with Gasteiger partial charge in [-0.2, -0.15) is 13.2 Å². The average molecular weight is 614 g/mol. The summed E-state index contributed by atoms with van der Waals surface area (Å²) in [6.45, 7) is 14.7. The number of fused-ring (bicyclic) bond motifs is 1. The Balaban J connectivity index is 1.56. The fraction of sp³-hybridized carbons (Fsp3) is 0.600. The number of aryl methyl sites for hydroxylation is 1. The first kappa shape index (κ1) is 33.8. The van der Waals surface area contributed by atoms with Gasteiger partial charge in [-0.05, 0) is 92.9 Å². The standard InChI is InChI=1S/C35H50F3N5O/c1-26(2)15-21-42(22-16-27(3)4)33(44)30-13-14-31-32(23-30)43(20-8-19-41-17-6-5-7-18-41)34(40-31)39-25-29-11-9-28(10-12-29)24-35(36,37)38/h9-14,23,26-27H,5-8,15-22,24-25H2,1-4H3,(H,39,40). The van der Waals surface area contributed by atoms with E-state index in [9.17, 15) is 18.0 Å². The van der Waals surface area contributed by atoms with Crippen LogP contribution in [0.4, 0.5) is 19.1 Å². The normalized spacial score (nSPS) is 14.6. The Morgan fingerprint density at radius 1 is 0.909 bits per heavy atom. The molecular formula is C35H50F3N5O. The highest BCUT2D eigenvalue weighted by Crippen LogP contribution is 2.25. The molecule has 9 heteroatoms. The van der Waals surface area contributed by atoms with Crippen molar-refractivity contribution in [3.8, 4) is 0 Å². The van der Waals surface area contributed by atoms with Crippen LogP contribution in [0.1, 0.15) is 87.7 Å². The van der Waals surface area contributed by atoms with E-state index in [2.05, 4.69) is 42.5 Å². The summed E-state index contributed by atoms with van der Waals surface area (Å²) in [5.41, 5.74) is 3.54. The van der Waals surface area contributed by atoms with Crippen LogP contribution in [0.15, 0.2) is 42.5 Å². The topological polar surface area (TPSA) is 53.4 Å². The van der Waals surface area contributed by atoms with Gasteiger partial charge in [0.1, 0.15) is 0 Å². The lowest BCUT2D eigenvalue weighted by atomic mass is 10.1. The van der Waals surface area contributed by atoms with E-state index in [0.717, 1.165) is 75.1 Å². The summed E-state index contributed by atoms with van der Waals surface area (Å²) in [7, 11) is 0. The van der Waals surface area contributed by atoms with E-state index in [1.807, 2.05) is 23.1 Å². The predicted octanol–water partition coefficient (Wildman–Crippen LogP) is 8.16. The van der Waals surface area contributed by atoms with E-state index in [1.54, 1.807) is 12.1 Å². The molecule has 1 amide bonds. The zero-order chi connectivity index (χ0) is 31.7. The maximum atomic E-state index is 13.8. The van der Waals surface area contributed by atoms with Crippen molar-refractivity contribution in [2.24, 2.45) is 11.8 Å². The molecule has 242 valence electrons. The molecule has 2 heterocycles. The second kappa shape index (κ2) is 15.8. The largest absolute Gasteiger partial charge is 0.393 e. The number of alkyl halides is 3. The minimum atomic E-state index is -4.22. The van der Waals surface area contributed by atoms with Crippen molar-refractivity contribution in [3.63, 3.8) is 0 Å². The van der Waals surface area contributed by atoms with Crippen LogP contribution in [-0.2, 0) is 19.5 Å². The van der Waals surface area contributed by atoms with Crippen molar-refractivity contribution in [2.75, 3.05) is 38.0 Å². The number of rotatable bonds is 15. The number of piperidine rings is 1. The molecule has 0 bridgehead atoms. The van der Waals surface area contributed by atoms with E-state index >= 15 is 0 Å². The monoisotopic (exact) mass is 613 g/mol. The zero-order valence-electron chi connectivity index (χ0n) is 26.9. The maximum absolute atomic E-state index is 13.8. The molecule has 1 fully saturated rings. The molecule has 6 nitrogen and oxygen atoms in total. The van der Waals surface area contributed by atoms with Crippen LogP contribution < -0.4 is 5.32 Å². The van der Waals surface area contributed by atoms with Gasteiger partial charge in [0, 0.05) is 31.7 Å². The number of hydrogen-bond acceptors (Lipinski definition) is 4. The van der Waals surface area contributed by atoms with E-state index in [-0.39, 0.29) is 11.5 Å². The number of nitrogens with zero attached hydrogens (tertiary/aromatic N) is 4. The lowest BCUT2D eigenvalue weighted by molar-refractivity contribution is -0.127. The van der Waals surface area contributed by atoms with Crippen molar-refractivity contribution in [2.45, 2.75) is 91.9 Å². The fourth-order valence-electron chi connectivity index (χ4n) is 5.77. The minimum Gasteiger partial charge on any atom is -0.352 e. The van der Waals surface area contributed by atoms with E-state index in [4.69, 9.17) is 4.98 Å². The fourth-order valence-corrected chi connectivity index (χ4v) is 5.77. The molecule has 1 aliphatic rings. The third-order valence-corrected chi connectivity index (χ3v) is 8.42. The Labute approximate surface area is 261 Å². The van der Waals surface area contributed by atoms with Crippen LogP contribution in [0.2, 0.25) is 0 Å². The van der Waals surface area contributed by atoms with E-state index < -0.39 is 12.6 Å². The molecule has 0 radical (unpaired) electrons. The van der Waals surface area contributed by atoms with Crippen molar-refractivity contribution < 1.29 is 18.0 Å². The number of aromatic nitrogens is 2. The van der Waals surface area contributed by atoms with Gasteiger partial charge in [-0.1, -0.05) is 58.4 Å². The molecule has 1 aromatic heterocycles. The molecule has 0 unspecified atom stereocenters. The quantitative estimate of drug-likeness (QED) is 0.188. The summed E-state index contributed by atoms with van der Waals surface area (Å²) < 4.78 is 40.5. The molecule has 0 saturated carbocycles. The first-order chi connectivity index (χ1) is 21.0. The van der Waals surface area contributed by atoms with Crippen molar-refractivity contribution in [1.82, 2.24) is 19.4 Å². The molecule has 1 aliphatic heterocycles. The van der Waals surface area contributed by atoms with Crippen LogP contribution >= 0.6 is 0 Å². The summed E-state index contributed by atoms with van der Waals surface area (Å²) in [5, 5.41) is 3.43. The number of benzene rings is 2. The minimum absolute atomic E-state index is 0.0581.